The summed E-state index contributed by atoms with van der Waals surface area (Å²) in [6, 6.07) is 14.8. The lowest BCUT2D eigenvalue weighted by molar-refractivity contribution is -0.384. The molecule has 2 rings (SSSR count). The Hall–Kier alpha value is -2.89. The fourth-order valence-corrected chi connectivity index (χ4v) is 1.62. The van der Waals surface area contributed by atoms with Crippen molar-refractivity contribution in [1.82, 2.24) is 0 Å². The largest absolute Gasteiger partial charge is 0.482 e. The monoisotopic (exact) mass is 287 g/mol. The Bertz CT molecular complexity index is 627. The summed E-state index contributed by atoms with van der Waals surface area (Å²) in [6.45, 7) is -0.238. The van der Waals surface area contributed by atoms with Crippen LogP contribution >= 0.6 is 0 Å². The van der Waals surface area contributed by atoms with E-state index < -0.39 is 10.9 Å². The van der Waals surface area contributed by atoms with Crippen molar-refractivity contribution in [3.63, 3.8) is 0 Å². The molecule has 0 amide bonds. The first-order valence-corrected chi connectivity index (χ1v) is 6.22. The van der Waals surface area contributed by atoms with Gasteiger partial charge in [0.05, 0.1) is 4.92 Å². The van der Waals surface area contributed by atoms with Crippen LogP contribution in [0.2, 0.25) is 0 Å². The summed E-state index contributed by atoms with van der Waals surface area (Å²) in [6.07, 6.45) is 0. The van der Waals surface area contributed by atoms with E-state index in [1.54, 1.807) is 36.4 Å². The van der Waals surface area contributed by atoms with Crippen LogP contribution in [0, 0.1) is 10.1 Å². The number of rotatable bonds is 6. The molecule has 2 aromatic carbocycles. The molecular formula is C15H13NO5. The summed E-state index contributed by atoms with van der Waals surface area (Å²) < 4.78 is 10.2. The number of para-hydroxylation sites is 1. The molecule has 0 aromatic heterocycles. The maximum absolute atomic E-state index is 11.5. The van der Waals surface area contributed by atoms with Crippen molar-refractivity contribution in [2.45, 2.75) is 6.61 Å². The standard InChI is InChI=1S/C15H13NO5/c17-15(11-20-14-7-2-1-3-8-14)21-10-12-5-4-6-13(9-12)16(18)19/h1-9H,10-11H2. The van der Waals surface area contributed by atoms with Gasteiger partial charge < -0.3 is 9.47 Å². The minimum absolute atomic E-state index is 0.0291. The summed E-state index contributed by atoms with van der Waals surface area (Å²) in [4.78, 5) is 21.7. The van der Waals surface area contributed by atoms with E-state index in [1.165, 1.54) is 12.1 Å². The number of ether oxygens (including phenoxy) is 2. The summed E-state index contributed by atoms with van der Waals surface area (Å²) in [7, 11) is 0. The van der Waals surface area contributed by atoms with Gasteiger partial charge in [0.2, 0.25) is 0 Å². The number of hydrogen-bond acceptors (Lipinski definition) is 5. The molecule has 0 aliphatic carbocycles. The highest BCUT2D eigenvalue weighted by Gasteiger charge is 2.08. The number of esters is 1. The molecule has 0 fully saturated rings. The Labute approximate surface area is 121 Å². The number of carbonyl (C=O) groups excluding carboxylic acids is 1. The molecule has 21 heavy (non-hydrogen) atoms. The van der Waals surface area contributed by atoms with E-state index in [0.29, 0.717) is 11.3 Å². The summed E-state index contributed by atoms with van der Waals surface area (Å²) in [5.74, 6) is 0.0372. The van der Waals surface area contributed by atoms with Crippen molar-refractivity contribution in [3.05, 3.63) is 70.3 Å². The van der Waals surface area contributed by atoms with Crippen LogP contribution in [0.1, 0.15) is 5.56 Å². The van der Waals surface area contributed by atoms with Gasteiger partial charge >= 0.3 is 5.97 Å². The third kappa shape index (κ3) is 4.61. The topological polar surface area (TPSA) is 78.7 Å². The number of carbonyl (C=O) groups is 1. The molecule has 0 unspecified atom stereocenters. The molecule has 0 atom stereocenters. The van der Waals surface area contributed by atoms with E-state index >= 15 is 0 Å². The van der Waals surface area contributed by atoms with E-state index in [4.69, 9.17) is 9.47 Å². The molecule has 0 heterocycles. The second-order valence-corrected chi connectivity index (χ2v) is 4.19. The maximum atomic E-state index is 11.5. The molecule has 2 aromatic rings. The second kappa shape index (κ2) is 7.04. The minimum atomic E-state index is -0.537. The van der Waals surface area contributed by atoms with Crippen molar-refractivity contribution < 1.29 is 19.2 Å². The van der Waals surface area contributed by atoms with Gasteiger partial charge in [0, 0.05) is 12.1 Å². The lowest BCUT2D eigenvalue weighted by Gasteiger charge is -2.07. The van der Waals surface area contributed by atoms with E-state index in [1.807, 2.05) is 6.07 Å². The van der Waals surface area contributed by atoms with Crippen LogP contribution in [0.3, 0.4) is 0 Å². The van der Waals surface area contributed by atoms with E-state index in [9.17, 15) is 14.9 Å². The average Bonchev–Trinajstić information content (AvgIpc) is 2.52. The van der Waals surface area contributed by atoms with Crippen molar-refractivity contribution >= 4 is 11.7 Å². The molecule has 0 saturated heterocycles. The Morgan fingerprint density at radius 2 is 1.86 bits per heavy atom. The quantitative estimate of drug-likeness (QED) is 0.463. The normalized spacial score (nSPS) is 9.90. The van der Waals surface area contributed by atoms with Gasteiger partial charge in [-0.3, -0.25) is 10.1 Å². The van der Waals surface area contributed by atoms with Gasteiger partial charge in [0.1, 0.15) is 12.4 Å². The molecule has 6 nitrogen and oxygen atoms in total. The zero-order valence-electron chi connectivity index (χ0n) is 11.1. The zero-order valence-corrected chi connectivity index (χ0v) is 11.1. The molecule has 108 valence electrons. The van der Waals surface area contributed by atoms with Crippen LogP contribution in [0.5, 0.6) is 5.75 Å². The lowest BCUT2D eigenvalue weighted by Crippen LogP contribution is -2.14. The Morgan fingerprint density at radius 1 is 1.10 bits per heavy atom. The van der Waals surface area contributed by atoms with Gasteiger partial charge in [-0.05, 0) is 17.7 Å². The number of hydrogen-bond donors (Lipinski definition) is 0. The number of nitrogens with zero attached hydrogens (tertiary/aromatic N) is 1. The highest BCUT2D eigenvalue weighted by atomic mass is 16.6. The fraction of sp³-hybridized carbons (Fsp3) is 0.133. The van der Waals surface area contributed by atoms with Crippen LogP contribution in [0.4, 0.5) is 5.69 Å². The predicted molar refractivity (Wildman–Crippen MR) is 74.8 cm³/mol. The first-order chi connectivity index (χ1) is 10.1. The molecule has 0 saturated carbocycles. The molecule has 0 aliphatic heterocycles. The smallest absolute Gasteiger partial charge is 0.344 e. The SMILES string of the molecule is O=C(COc1ccccc1)OCc1cccc([N+](=O)[O-])c1. The third-order valence-corrected chi connectivity index (χ3v) is 2.62. The summed E-state index contributed by atoms with van der Waals surface area (Å²) >= 11 is 0. The Morgan fingerprint density at radius 3 is 2.57 bits per heavy atom. The predicted octanol–water partition coefficient (Wildman–Crippen LogP) is 2.72. The van der Waals surface area contributed by atoms with Crippen LogP contribution in [0.25, 0.3) is 0 Å². The van der Waals surface area contributed by atoms with Gasteiger partial charge in [-0.1, -0.05) is 30.3 Å². The highest BCUT2D eigenvalue weighted by molar-refractivity contribution is 5.71. The molecule has 0 bridgehead atoms. The average molecular weight is 287 g/mol. The molecule has 0 radical (unpaired) electrons. The van der Waals surface area contributed by atoms with Gasteiger partial charge in [-0.25, -0.2) is 4.79 Å². The summed E-state index contributed by atoms with van der Waals surface area (Å²) in [5.41, 5.74) is 0.515. The van der Waals surface area contributed by atoms with Gasteiger partial charge in [-0.2, -0.15) is 0 Å². The molecule has 0 N–H and O–H groups in total. The third-order valence-electron chi connectivity index (χ3n) is 2.62. The van der Waals surface area contributed by atoms with Gasteiger partial charge in [-0.15, -0.1) is 0 Å². The van der Waals surface area contributed by atoms with Crippen molar-refractivity contribution in [2.24, 2.45) is 0 Å². The Balaban J connectivity index is 1.81. The van der Waals surface area contributed by atoms with Crippen LogP contribution in [0.15, 0.2) is 54.6 Å². The van der Waals surface area contributed by atoms with Crippen molar-refractivity contribution in [1.29, 1.82) is 0 Å². The minimum Gasteiger partial charge on any atom is -0.482 e. The highest BCUT2D eigenvalue weighted by Crippen LogP contribution is 2.14. The van der Waals surface area contributed by atoms with Gasteiger partial charge in [0.15, 0.2) is 6.61 Å². The van der Waals surface area contributed by atoms with E-state index in [2.05, 4.69) is 0 Å². The Kier molecular flexibility index (Phi) is 4.87. The summed E-state index contributed by atoms with van der Waals surface area (Å²) in [5, 5.41) is 10.6. The zero-order chi connectivity index (χ0) is 15.1. The number of benzene rings is 2. The maximum Gasteiger partial charge on any atom is 0.344 e. The van der Waals surface area contributed by atoms with Gasteiger partial charge in [0.25, 0.3) is 5.69 Å². The van der Waals surface area contributed by atoms with E-state index in [0.717, 1.165) is 0 Å². The first-order valence-electron chi connectivity index (χ1n) is 6.22. The fourth-order valence-electron chi connectivity index (χ4n) is 1.62. The molecular weight excluding hydrogens is 274 g/mol. The molecule has 0 spiro atoms. The molecule has 6 heteroatoms. The van der Waals surface area contributed by atoms with E-state index in [-0.39, 0.29) is 18.9 Å². The van der Waals surface area contributed by atoms with Crippen molar-refractivity contribution in [3.8, 4) is 5.75 Å². The first kappa shape index (κ1) is 14.5. The van der Waals surface area contributed by atoms with Crippen molar-refractivity contribution in [2.75, 3.05) is 6.61 Å². The lowest BCUT2D eigenvalue weighted by atomic mass is 10.2. The molecule has 0 aliphatic rings. The van der Waals surface area contributed by atoms with Crippen LogP contribution in [-0.4, -0.2) is 17.5 Å². The number of nitro groups is 1. The number of nitro benzene ring substituents is 1. The second-order valence-electron chi connectivity index (χ2n) is 4.19. The number of non-ortho nitro benzene ring substituents is 1. The van der Waals surface area contributed by atoms with Crippen LogP contribution in [-0.2, 0) is 16.1 Å². The van der Waals surface area contributed by atoms with Crippen LogP contribution < -0.4 is 4.74 Å².